The van der Waals surface area contributed by atoms with Crippen molar-refractivity contribution in [1.29, 1.82) is 0 Å². The molecule has 0 aliphatic heterocycles. The van der Waals surface area contributed by atoms with Crippen LogP contribution in [-0.2, 0) is 0 Å². The Morgan fingerprint density at radius 1 is 0.800 bits per heavy atom. The number of halogens is 5. The molecule has 0 amide bonds. The van der Waals surface area contributed by atoms with E-state index >= 15 is 0 Å². The number of carbonyl (C=O) groups excluding carboxylic acids is 1. The maximum atomic E-state index is 13.5. The highest BCUT2D eigenvalue weighted by Crippen LogP contribution is 2.22. The van der Waals surface area contributed by atoms with Gasteiger partial charge in [-0.1, -0.05) is 0 Å². The van der Waals surface area contributed by atoms with E-state index in [0.717, 1.165) is 6.07 Å². The lowest BCUT2D eigenvalue weighted by atomic mass is 10.00. The van der Waals surface area contributed by atoms with E-state index < -0.39 is 46.0 Å². The Bertz CT molecular complexity index is 686. The first-order chi connectivity index (χ1) is 9.31. The average Bonchev–Trinajstić information content (AvgIpc) is 2.32. The molecule has 2 aromatic rings. The van der Waals surface area contributed by atoms with Crippen LogP contribution in [-0.4, -0.2) is 5.78 Å². The van der Waals surface area contributed by atoms with Crippen molar-refractivity contribution in [2.45, 2.75) is 6.92 Å². The summed E-state index contributed by atoms with van der Waals surface area (Å²) in [6.45, 7) is 1.27. The van der Waals surface area contributed by atoms with Crippen LogP contribution in [0.1, 0.15) is 21.5 Å². The van der Waals surface area contributed by atoms with E-state index in [4.69, 9.17) is 0 Å². The average molecular weight is 286 g/mol. The summed E-state index contributed by atoms with van der Waals surface area (Å²) in [5.41, 5.74) is -1.83. The first-order valence-electron chi connectivity index (χ1n) is 5.46. The van der Waals surface area contributed by atoms with E-state index in [2.05, 4.69) is 0 Å². The van der Waals surface area contributed by atoms with E-state index in [-0.39, 0.29) is 5.56 Å². The van der Waals surface area contributed by atoms with Gasteiger partial charge in [-0.3, -0.25) is 4.79 Å². The van der Waals surface area contributed by atoms with Crippen molar-refractivity contribution in [2.24, 2.45) is 0 Å². The van der Waals surface area contributed by atoms with Crippen molar-refractivity contribution in [2.75, 3.05) is 0 Å². The van der Waals surface area contributed by atoms with Crippen LogP contribution in [0.5, 0.6) is 0 Å². The molecule has 6 heteroatoms. The summed E-state index contributed by atoms with van der Waals surface area (Å²) in [6, 6.07) is 1.91. The highest BCUT2D eigenvalue weighted by molar-refractivity contribution is 6.09. The zero-order chi connectivity index (χ0) is 15.0. The molecule has 0 fully saturated rings. The van der Waals surface area contributed by atoms with Gasteiger partial charge in [-0.25, -0.2) is 22.0 Å². The Morgan fingerprint density at radius 2 is 1.35 bits per heavy atom. The molecule has 0 aliphatic rings. The first-order valence-corrected chi connectivity index (χ1v) is 5.46. The molecule has 0 N–H and O–H groups in total. The molecule has 2 aromatic carbocycles. The summed E-state index contributed by atoms with van der Waals surface area (Å²) in [5.74, 6) is -7.56. The minimum absolute atomic E-state index is 0.0577. The number of hydrogen-bond acceptors (Lipinski definition) is 1. The minimum Gasteiger partial charge on any atom is -0.288 e. The third kappa shape index (κ3) is 2.41. The molecular weight excluding hydrogens is 279 g/mol. The topological polar surface area (TPSA) is 17.1 Å². The van der Waals surface area contributed by atoms with Gasteiger partial charge in [0.25, 0.3) is 0 Å². The van der Waals surface area contributed by atoms with Gasteiger partial charge in [-0.15, -0.1) is 0 Å². The SMILES string of the molecule is Cc1cc(C(=O)c2c(F)cc(F)cc2F)c(F)cc1F. The van der Waals surface area contributed by atoms with Gasteiger partial charge in [-0.2, -0.15) is 0 Å². The predicted molar refractivity (Wildman–Crippen MR) is 60.8 cm³/mol. The smallest absolute Gasteiger partial charge is 0.201 e. The third-order valence-electron chi connectivity index (χ3n) is 2.73. The number of aryl methyl sites for hydroxylation is 1. The van der Waals surface area contributed by atoms with Gasteiger partial charge in [0.1, 0.15) is 29.1 Å². The van der Waals surface area contributed by atoms with Crippen LogP contribution >= 0.6 is 0 Å². The lowest BCUT2D eigenvalue weighted by Gasteiger charge is -2.07. The summed E-state index contributed by atoms with van der Waals surface area (Å²) in [4.78, 5) is 11.9. The zero-order valence-electron chi connectivity index (χ0n) is 10.1. The van der Waals surface area contributed by atoms with Gasteiger partial charge < -0.3 is 0 Å². The van der Waals surface area contributed by atoms with Crippen LogP contribution in [0.4, 0.5) is 22.0 Å². The molecule has 104 valence electrons. The van der Waals surface area contributed by atoms with Gasteiger partial charge in [0.05, 0.1) is 11.1 Å². The number of ketones is 1. The van der Waals surface area contributed by atoms with Crippen molar-refractivity contribution in [3.05, 3.63) is 70.0 Å². The van der Waals surface area contributed by atoms with E-state index in [0.29, 0.717) is 18.2 Å². The lowest BCUT2D eigenvalue weighted by molar-refractivity contribution is 0.102. The summed E-state index contributed by atoms with van der Waals surface area (Å²) in [6.07, 6.45) is 0. The molecule has 0 atom stereocenters. The zero-order valence-corrected chi connectivity index (χ0v) is 10.1. The second kappa shape index (κ2) is 5.03. The monoisotopic (exact) mass is 286 g/mol. The maximum Gasteiger partial charge on any atom is 0.201 e. The normalized spacial score (nSPS) is 10.7. The molecule has 0 aromatic heterocycles. The van der Waals surface area contributed by atoms with Gasteiger partial charge in [0, 0.05) is 18.2 Å². The van der Waals surface area contributed by atoms with Gasteiger partial charge >= 0.3 is 0 Å². The van der Waals surface area contributed by atoms with Crippen LogP contribution in [0, 0.1) is 36.0 Å². The molecule has 1 nitrogen and oxygen atoms in total. The molecule has 0 saturated heterocycles. The van der Waals surface area contributed by atoms with E-state index in [1.54, 1.807) is 0 Å². The van der Waals surface area contributed by atoms with Crippen LogP contribution in [0.15, 0.2) is 24.3 Å². The number of benzene rings is 2. The predicted octanol–water partition coefficient (Wildman–Crippen LogP) is 3.92. The Labute approximate surface area is 110 Å². The second-order valence-electron chi connectivity index (χ2n) is 4.15. The van der Waals surface area contributed by atoms with E-state index in [1.807, 2.05) is 0 Å². The Balaban J connectivity index is 2.61. The number of rotatable bonds is 2. The first kappa shape index (κ1) is 14.2. The third-order valence-corrected chi connectivity index (χ3v) is 2.73. The van der Waals surface area contributed by atoms with E-state index in [9.17, 15) is 26.7 Å². The molecule has 0 saturated carbocycles. The summed E-state index contributed by atoms with van der Waals surface area (Å²) in [5, 5.41) is 0. The molecule has 0 heterocycles. The molecule has 2 rings (SSSR count). The fourth-order valence-electron chi connectivity index (χ4n) is 1.73. The fraction of sp³-hybridized carbons (Fsp3) is 0.0714. The molecule has 0 aliphatic carbocycles. The molecule has 0 spiro atoms. The second-order valence-corrected chi connectivity index (χ2v) is 4.15. The quantitative estimate of drug-likeness (QED) is 0.604. The Morgan fingerprint density at radius 3 is 1.90 bits per heavy atom. The fourth-order valence-corrected chi connectivity index (χ4v) is 1.73. The maximum absolute atomic E-state index is 13.5. The van der Waals surface area contributed by atoms with Crippen molar-refractivity contribution in [1.82, 2.24) is 0 Å². The highest BCUT2D eigenvalue weighted by atomic mass is 19.2. The lowest BCUT2D eigenvalue weighted by Crippen LogP contribution is -2.11. The summed E-state index contributed by atoms with van der Waals surface area (Å²) < 4.78 is 66.3. The molecule has 0 unspecified atom stereocenters. The van der Waals surface area contributed by atoms with Gasteiger partial charge in [0.15, 0.2) is 0 Å². The van der Waals surface area contributed by atoms with Crippen molar-refractivity contribution >= 4 is 5.78 Å². The number of hydrogen-bond donors (Lipinski definition) is 0. The van der Waals surface area contributed by atoms with Crippen LogP contribution in [0.25, 0.3) is 0 Å². The molecule has 0 bridgehead atoms. The standard InChI is InChI=1S/C14H7F5O/c1-6-2-8(10(17)5-9(6)16)14(20)13-11(18)3-7(15)4-12(13)19/h2-5H,1H3. The van der Waals surface area contributed by atoms with Gasteiger partial charge in [-0.05, 0) is 18.6 Å². The van der Waals surface area contributed by atoms with Crippen molar-refractivity contribution in [3.63, 3.8) is 0 Å². The largest absolute Gasteiger partial charge is 0.288 e. The molecular formula is C14H7F5O. The Hall–Kier alpha value is -2.24. The van der Waals surface area contributed by atoms with Crippen LogP contribution < -0.4 is 0 Å². The minimum atomic E-state index is -1.45. The van der Waals surface area contributed by atoms with Crippen molar-refractivity contribution in [3.8, 4) is 0 Å². The van der Waals surface area contributed by atoms with Crippen LogP contribution in [0.2, 0.25) is 0 Å². The van der Waals surface area contributed by atoms with Crippen LogP contribution in [0.3, 0.4) is 0 Å². The molecule has 0 radical (unpaired) electrons. The summed E-state index contributed by atoms with van der Waals surface area (Å²) in [7, 11) is 0. The van der Waals surface area contributed by atoms with E-state index in [1.165, 1.54) is 6.92 Å². The number of carbonyl (C=O) groups is 1. The summed E-state index contributed by atoms with van der Waals surface area (Å²) >= 11 is 0. The van der Waals surface area contributed by atoms with Crippen molar-refractivity contribution < 1.29 is 26.7 Å². The Kier molecular flexibility index (Phi) is 3.57. The molecule has 20 heavy (non-hydrogen) atoms. The highest BCUT2D eigenvalue weighted by Gasteiger charge is 2.23. The van der Waals surface area contributed by atoms with Gasteiger partial charge in [0.2, 0.25) is 5.78 Å².